The van der Waals surface area contributed by atoms with Gasteiger partial charge in [-0.3, -0.25) is 0 Å². The molecule has 2 heteroatoms. The zero-order valence-corrected chi connectivity index (χ0v) is 24.0. The fourth-order valence-corrected chi connectivity index (χ4v) is 6.10. The first kappa shape index (κ1) is 24.7. The van der Waals surface area contributed by atoms with Gasteiger partial charge >= 0.3 is 0 Å². The standard InChI is InChI=1S/C36H38NO/c1-21(2)24-10-12-25(13-11-24)27-18-26-15-16-37(8)34-32-23(4)29-17-22(3)9-14-28(29)30(20-36(5,6)7)35(32)38-31(19-27)33(26)34/h9-19,21H,20H2,1-8H3/q+1. The molecule has 5 aromatic rings. The van der Waals surface area contributed by atoms with Crippen LogP contribution in [0.15, 0.2) is 66.9 Å². The largest absolute Gasteiger partial charge is 0.455 e. The summed E-state index contributed by atoms with van der Waals surface area (Å²) in [6.45, 7) is 15.9. The third-order valence-electron chi connectivity index (χ3n) is 8.05. The molecule has 2 heterocycles. The van der Waals surface area contributed by atoms with E-state index in [1.807, 2.05) is 0 Å². The third-order valence-corrected chi connectivity index (χ3v) is 8.05. The van der Waals surface area contributed by atoms with E-state index in [0.29, 0.717) is 5.92 Å². The molecule has 0 spiro atoms. The number of fused-ring (bicyclic) bond motifs is 3. The van der Waals surface area contributed by atoms with Gasteiger partial charge in [0, 0.05) is 11.6 Å². The molecule has 2 nitrogen and oxygen atoms in total. The van der Waals surface area contributed by atoms with Crippen molar-refractivity contribution in [1.82, 2.24) is 0 Å². The minimum absolute atomic E-state index is 0.124. The second kappa shape index (κ2) is 8.70. The van der Waals surface area contributed by atoms with Crippen LogP contribution >= 0.6 is 0 Å². The van der Waals surface area contributed by atoms with E-state index >= 15 is 0 Å². The summed E-state index contributed by atoms with van der Waals surface area (Å²) in [5.74, 6) is 2.49. The minimum atomic E-state index is 0.124. The Morgan fingerprint density at radius 1 is 0.842 bits per heavy atom. The highest BCUT2D eigenvalue weighted by molar-refractivity contribution is 6.07. The molecule has 4 aromatic carbocycles. The summed E-state index contributed by atoms with van der Waals surface area (Å²) in [5.41, 5.74) is 10.3. The molecule has 1 aliphatic rings. The van der Waals surface area contributed by atoms with Gasteiger partial charge in [0.2, 0.25) is 5.69 Å². The minimum Gasteiger partial charge on any atom is -0.455 e. The maximum Gasteiger partial charge on any atom is 0.228 e. The van der Waals surface area contributed by atoms with Crippen molar-refractivity contribution < 1.29 is 9.30 Å². The van der Waals surface area contributed by atoms with E-state index in [4.69, 9.17) is 4.74 Å². The number of hydrogen-bond donors (Lipinski definition) is 0. The lowest BCUT2D eigenvalue weighted by molar-refractivity contribution is -0.659. The van der Waals surface area contributed by atoms with Gasteiger partial charge in [-0.1, -0.05) is 82.6 Å². The predicted octanol–water partition coefficient (Wildman–Crippen LogP) is 9.59. The summed E-state index contributed by atoms with van der Waals surface area (Å²) in [4.78, 5) is 0. The Bertz CT molecular complexity index is 1730. The fraction of sp³-hybridized carbons (Fsp3) is 0.306. The van der Waals surface area contributed by atoms with Crippen LogP contribution in [0.4, 0.5) is 0 Å². The van der Waals surface area contributed by atoms with Gasteiger partial charge in [-0.15, -0.1) is 0 Å². The Morgan fingerprint density at radius 2 is 1.58 bits per heavy atom. The van der Waals surface area contributed by atoms with Crippen molar-refractivity contribution in [3.05, 3.63) is 89.1 Å². The molecule has 1 aromatic heterocycles. The van der Waals surface area contributed by atoms with Crippen molar-refractivity contribution in [3.63, 3.8) is 0 Å². The van der Waals surface area contributed by atoms with Crippen molar-refractivity contribution >= 4 is 21.5 Å². The zero-order valence-electron chi connectivity index (χ0n) is 24.0. The van der Waals surface area contributed by atoms with Crippen molar-refractivity contribution in [2.75, 3.05) is 0 Å². The van der Waals surface area contributed by atoms with Gasteiger partial charge in [0.05, 0.1) is 10.9 Å². The number of benzene rings is 4. The summed E-state index contributed by atoms with van der Waals surface area (Å²) in [6.07, 6.45) is 3.14. The molecule has 0 bridgehead atoms. The van der Waals surface area contributed by atoms with Crippen LogP contribution in [0.1, 0.15) is 62.8 Å². The smallest absolute Gasteiger partial charge is 0.228 e. The number of nitrogens with zero attached hydrogens (tertiary/aromatic N) is 1. The molecule has 0 saturated carbocycles. The normalized spacial score (nSPS) is 12.8. The lowest BCUT2D eigenvalue weighted by atomic mass is 9.81. The van der Waals surface area contributed by atoms with Gasteiger partial charge < -0.3 is 4.74 Å². The Labute approximate surface area is 226 Å². The molecule has 0 radical (unpaired) electrons. The summed E-state index contributed by atoms with van der Waals surface area (Å²) in [6, 6.07) is 22.6. The molecule has 1 aliphatic heterocycles. The van der Waals surface area contributed by atoms with E-state index in [1.54, 1.807) is 0 Å². The van der Waals surface area contributed by atoms with Crippen LogP contribution < -0.4 is 9.30 Å². The number of aromatic nitrogens is 1. The van der Waals surface area contributed by atoms with Crippen LogP contribution in [0.3, 0.4) is 0 Å². The van der Waals surface area contributed by atoms with E-state index < -0.39 is 0 Å². The van der Waals surface area contributed by atoms with Gasteiger partial charge in [0.25, 0.3) is 0 Å². The second-order valence-electron chi connectivity index (χ2n) is 12.7. The van der Waals surface area contributed by atoms with Gasteiger partial charge in [-0.2, -0.15) is 0 Å². The first-order valence-corrected chi connectivity index (χ1v) is 13.8. The van der Waals surface area contributed by atoms with E-state index in [1.165, 1.54) is 66.2 Å². The molecule has 0 fully saturated rings. The number of rotatable bonds is 3. The van der Waals surface area contributed by atoms with Crippen LogP contribution in [-0.2, 0) is 13.5 Å². The van der Waals surface area contributed by atoms with Crippen molar-refractivity contribution in [3.8, 4) is 33.9 Å². The molecule has 0 unspecified atom stereocenters. The number of ether oxygens (including phenoxy) is 1. The van der Waals surface area contributed by atoms with Crippen molar-refractivity contribution in [2.45, 2.75) is 60.8 Å². The van der Waals surface area contributed by atoms with E-state index in [9.17, 15) is 0 Å². The summed E-state index contributed by atoms with van der Waals surface area (Å²) in [5, 5.41) is 5.04. The average molecular weight is 501 g/mol. The molecular weight excluding hydrogens is 462 g/mol. The lowest BCUT2D eigenvalue weighted by Crippen LogP contribution is -2.32. The Morgan fingerprint density at radius 3 is 2.26 bits per heavy atom. The number of aryl methyl sites for hydroxylation is 3. The molecular formula is C36H38NO+. The predicted molar refractivity (Wildman–Crippen MR) is 160 cm³/mol. The third kappa shape index (κ3) is 3.98. The average Bonchev–Trinajstić information content (AvgIpc) is 2.87. The van der Waals surface area contributed by atoms with Gasteiger partial charge in [-0.25, -0.2) is 4.57 Å². The quantitative estimate of drug-likeness (QED) is 0.220. The van der Waals surface area contributed by atoms with Crippen LogP contribution in [0, 0.1) is 19.3 Å². The monoisotopic (exact) mass is 500 g/mol. The lowest BCUT2D eigenvalue weighted by Gasteiger charge is -2.28. The molecule has 0 atom stereocenters. The first-order chi connectivity index (χ1) is 18.0. The summed E-state index contributed by atoms with van der Waals surface area (Å²) in [7, 11) is 2.16. The van der Waals surface area contributed by atoms with E-state index in [0.717, 1.165) is 17.9 Å². The SMILES string of the molecule is Cc1ccc2c(CC(C)(C)C)c3c(c(C)c2c1)-c1c2c(cc(-c4ccc(C(C)C)cc4)cc2cc[n+]1C)O3. The first-order valence-electron chi connectivity index (χ1n) is 13.8. The van der Waals surface area contributed by atoms with Crippen LogP contribution in [0.5, 0.6) is 11.5 Å². The topological polar surface area (TPSA) is 13.1 Å². The maximum absolute atomic E-state index is 7.01. The van der Waals surface area contributed by atoms with Crippen LogP contribution in [-0.4, -0.2) is 0 Å². The van der Waals surface area contributed by atoms with Gasteiger partial charge in [0.15, 0.2) is 6.20 Å². The van der Waals surface area contributed by atoms with E-state index in [2.05, 4.69) is 127 Å². The molecule has 6 rings (SSSR count). The van der Waals surface area contributed by atoms with Gasteiger partial charge in [-0.05, 0) is 82.1 Å². The summed E-state index contributed by atoms with van der Waals surface area (Å²) < 4.78 is 9.29. The second-order valence-corrected chi connectivity index (χ2v) is 12.7. The maximum atomic E-state index is 7.01. The van der Waals surface area contributed by atoms with Gasteiger partial charge in [0.1, 0.15) is 18.5 Å². The Balaban J connectivity index is 1.66. The molecule has 0 amide bonds. The highest BCUT2D eigenvalue weighted by Gasteiger charge is 2.34. The number of pyridine rings is 1. The van der Waals surface area contributed by atoms with Crippen LogP contribution in [0.25, 0.3) is 43.9 Å². The Kier molecular flexibility index (Phi) is 5.65. The highest BCUT2D eigenvalue weighted by atomic mass is 16.5. The summed E-state index contributed by atoms with van der Waals surface area (Å²) >= 11 is 0. The van der Waals surface area contributed by atoms with Crippen molar-refractivity contribution in [2.24, 2.45) is 12.5 Å². The zero-order chi connectivity index (χ0) is 26.9. The van der Waals surface area contributed by atoms with Crippen molar-refractivity contribution in [1.29, 1.82) is 0 Å². The molecule has 0 aliphatic carbocycles. The fourth-order valence-electron chi connectivity index (χ4n) is 6.10. The molecule has 0 saturated heterocycles. The van der Waals surface area contributed by atoms with E-state index in [-0.39, 0.29) is 5.41 Å². The van der Waals surface area contributed by atoms with Crippen LogP contribution in [0.2, 0.25) is 0 Å². The molecule has 38 heavy (non-hydrogen) atoms. The highest BCUT2D eigenvalue weighted by Crippen LogP contribution is 2.52. The molecule has 192 valence electrons. The Hall–Kier alpha value is -3.65. The number of hydrogen-bond acceptors (Lipinski definition) is 1. The molecule has 0 N–H and O–H groups in total.